The third-order valence-electron chi connectivity index (χ3n) is 10.0. The number of amides is 2. The molecular formula is C40H39Br2Cl5N4O10S2. The van der Waals surface area contributed by atoms with Gasteiger partial charge < -0.3 is 36.1 Å². The maximum Gasteiger partial charge on any atom is 0.265 e. The maximum atomic E-state index is 12.8. The fraction of sp³-hybridized carbons (Fsp3) is 0.350. The van der Waals surface area contributed by atoms with Gasteiger partial charge in [-0.15, -0.1) is 0 Å². The van der Waals surface area contributed by atoms with Gasteiger partial charge in [-0.05, 0) is 99.9 Å². The predicted octanol–water partition coefficient (Wildman–Crippen LogP) is 9.77. The quantitative estimate of drug-likeness (QED) is 0.0733. The summed E-state index contributed by atoms with van der Waals surface area (Å²) in [6.07, 6.45) is 6.95. The van der Waals surface area contributed by atoms with Crippen LogP contribution >= 0.6 is 88.9 Å². The minimum atomic E-state index is -4.11. The third-order valence-corrected chi connectivity index (χ3v) is 14.9. The van der Waals surface area contributed by atoms with Gasteiger partial charge in [0.15, 0.2) is 11.5 Å². The van der Waals surface area contributed by atoms with Crippen LogP contribution in [0.3, 0.4) is 0 Å². The molecule has 0 unspecified atom stereocenters. The Balaban J connectivity index is 0.000000177. The second kappa shape index (κ2) is 20.8. The molecule has 7 N–H and O–H groups in total. The molecule has 2 amide bonds. The van der Waals surface area contributed by atoms with Crippen LogP contribution in [0.15, 0.2) is 79.4 Å². The first kappa shape index (κ1) is 49.7. The van der Waals surface area contributed by atoms with Crippen LogP contribution in [0.5, 0.6) is 34.5 Å². The number of hydrogen-bond acceptors (Lipinski definition) is 11. The third kappa shape index (κ3) is 13.9. The largest absolute Gasteiger partial charge is 0.507 e. The Bertz CT molecular complexity index is 2570. The SMILES string of the molecule is NC1CC(NC(=O)C2CC2)C1.O=C(NC1CC(NS(=O)(=O)c2cc(Oc3c(Cl)cc(Br)cc3Cl)ccc2O)C1)C1CC1.O=S(=O)(Cl)c1cc(Oc2c(Cl)cc(Br)cc2Cl)ccc1O. The number of halogens is 7. The van der Waals surface area contributed by atoms with E-state index in [2.05, 4.69) is 47.2 Å². The normalized spacial score (nSPS) is 20.3. The van der Waals surface area contributed by atoms with Crippen molar-refractivity contribution in [3.05, 3.63) is 89.7 Å². The van der Waals surface area contributed by atoms with Crippen molar-refractivity contribution in [1.29, 1.82) is 0 Å². The van der Waals surface area contributed by atoms with Gasteiger partial charge in [-0.25, -0.2) is 21.6 Å². The zero-order valence-electron chi connectivity index (χ0n) is 32.6. The van der Waals surface area contributed by atoms with Crippen molar-refractivity contribution >= 4 is 120 Å². The molecule has 4 aromatic rings. The predicted molar refractivity (Wildman–Crippen MR) is 248 cm³/mol. The molecule has 4 fully saturated rings. The number of phenols is 2. The second-order valence-corrected chi connectivity index (χ2v) is 23.0. The molecule has 4 aliphatic rings. The van der Waals surface area contributed by atoms with Crippen molar-refractivity contribution in [3.8, 4) is 34.5 Å². The van der Waals surface area contributed by atoms with Crippen molar-refractivity contribution in [1.82, 2.24) is 15.4 Å². The highest BCUT2D eigenvalue weighted by Crippen LogP contribution is 2.42. The summed E-state index contributed by atoms with van der Waals surface area (Å²) in [5.74, 6) is 0.435. The van der Waals surface area contributed by atoms with E-state index in [1.54, 1.807) is 24.3 Å². The molecule has 63 heavy (non-hydrogen) atoms. The maximum absolute atomic E-state index is 12.8. The molecule has 0 radical (unpaired) electrons. The van der Waals surface area contributed by atoms with E-state index >= 15 is 0 Å². The zero-order chi connectivity index (χ0) is 46.0. The average Bonchev–Trinajstić information content (AvgIpc) is 4.08. The summed E-state index contributed by atoms with van der Waals surface area (Å²) in [6, 6.07) is 14.1. The van der Waals surface area contributed by atoms with Crippen molar-refractivity contribution in [3.63, 3.8) is 0 Å². The molecule has 4 aromatic carbocycles. The standard InChI is InChI=1S/C20H19BrCl2N2O5S.C12H6BrCl3O4S.C8H14N2O/c21-11-5-15(22)19(16(23)6-11)30-14-3-4-17(26)18(9-14)31(28,29)25-13-7-12(8-13)24-20(27)10-1-2-10;13-6-3-8(14)12(9(15)4-6)20-7-1-2-10(17)11(5-7)21(16,18)19;9-6-3-7(4-6)10-8(11)5-1-2-5/h3-6,9-10,12-13,25-26H,1-2,7-8H2,(H,24,27);1-5,17H;5-7H,1-4,9H2,(H,10,11). The van der Waals surface area contributed by atoms with E-state index in [1.165, 1.54) is 24.3 Å². The van der Waals surface area contributed by atoms with E-state index in [-0.39, 0.29) is 77.8 Å². The van der Waals surface area contributed by atoms with Crippen LogP contribution in [0.4, 0.5) is 0 Å². The van der Waals surface area contributed by atoms with Crippen molar-refractivity contribution in [2.75, 3.05) is 0 Å². The van der Waals surface area contributed by atoms with E-state index in [0.717, 1.165) is 50.7 Å². The number of aromatic hydroxyl groups is 2. The lowest BCUT2D eigenvalue weighted by atomic mass is 9.87. The highest BCUT2D eigenvalue weighted by molar-refractivity contribution is 9.10. The van der Waals surface area contributed by atoms with Gasteiger partial charge >= 0.3 is 0 Å². The van der Waals surface area contributed by atoms with Gasteiger partial charge in [-0.3, -0.25) is 9.59 Å². The van der Waals surface area contributed by atoms with E-state index in [4.69, 9.17) is 72.3 Å². The first-order chi connectivity index (χ1) is 29.6. The summed E-state index contributed by atoms with van der Waals surface area (Å²) in [5.41, 5.74) is 5.59. The molecule has 4 aliphatic carbocycles. The second-order valence-electron chi connectivity index (χ2n) is 15.3. The first-order valence-corrected chi connectivity index (χ1v) is 26.1. The van der Waals surface area contributed by atoms with E-state index < -0.39 is 35.5 Å². The lowest BCUT2D eigenvalue weighted by Crippen LogP contribution is -2.53. The number of carbonyl (C=O) groups excluding carboxylic acids is 2. The Morgan fingerprint density at radius 2 is 1.00 bits per heavy atom. The van der Waals surface area contributed by atoms with E-state index in [0.29, 0.717) is 39.8 Å². The van der Waals surface area contributed by atoms with Crippen LogP contribution in [-0.4, -0.2) is 63.0 Å². The molecule has 23 heteroatoms. The lowest BCUT2D eigenvalue weighted by molar-refractivity contribution is -0.124. The van der Waals surface area contributed by atoms with Gasteiger partial charge in [0.1, 0.15) is 32.8 Å². The number of carbonyl (C=O) groups is 2. The molecule has 0 saturated heterocycles. The number of phenolic OH excluding ortho intramolecular Hbond substituents is 2. The van der Waals surface area contributed by atoms with Crippen molar-refractivity contribution in [2.45, 2.75) is 85.3 Å². The Kier molecular flexibility index (Phi) is 16.4. The minimum absolute atomic E-state index is 0.0363. The van der Waals surface area contributed by atoms with Crippen LogP contribution in [-0.2, 0) is 28.7 Å². The molecule has 8 rings (SSSR count). The zero-order valence-corrected chi connectivity index (χ0v) is 41.2. The Hall–Kier alpha value is -2.75. The van der Waals surface area contributed by atoms with Crippen LogP contribution < -0.4 is 30.6 Å². The summed E-state index contributed by atoms with van der Waals surface area (Å²) in [4.78, 5) is 22.2. The molecule has 0 spiro atoms. The molecule has 0 atom stereocenters. The monoisotopic (exact) mass is 1130 g/mol. The molecule has 340 valence electrons. The average molecular weight is 1140 g/mol. The van der Waals surface area contributed by atoms with Gasteiger partial charge in [-0.1, -0.05) is 78.3 Å². The van der Waals surface area contributed by atoms with Crippen LogP contribution in [0.1, 0.15) is 51.4 Å². The molecule has 0 bridgehead atoms. The number of hydrogen-bond donors (Lipinski definition) is 6. The van der Waals surface area contributed by atoms with Gasteiger partial charge in [0.25, 0.3) is 9.05 Å². The summed E-state index contributed by atoms with van der Waals surface area (Å²) in [7, 11) is -2.90. The molecule has 0 aliphatic heterocycles. The van der Waals surface area contributed by atoms with E-state index in [9.17, 15) is 36.6 Å². The van der Waals surface area contributed by atoms with Gasteiger partial charge in [0.05, 0.1) is 20.1 Å². The molecular weight excluding hydrogens is 1100 g/mol. The fourth-order valence-electron chi connectivity index (χ4n) is 6.24. The number of ether oxygens (including phenoxy) is 2. The van der Waals surface area contributed by atoms with Gasteiger partial charge in [-0.2, -0.15) is 0 Å². The highest BCUT2D eigenvalue weighted by Gasteiger charge is 2.38. The van der Waals surface area contributed by atoms with E-state index in [1.807, 2.05) is 0 Å². The minimum Gasteiger partial charge on any atom is -0.507 e. The Morgan fingerprint density at radius 1 is 0.619 bits per heavy atom. The fourth-order valence-corrected chi connectivity index (χ4v) is 11.1. The van der Waals surface area contributed by atoms with Gasteiger partial charge in [0.2, 0.25) is 21.8 Å². The number of sulfonamides is 1. The smallest absolute Gasteiger partial charge is 0.265 e. The van der Waals surface area contributed by atoms with Crippen LogP contribution in [0.25, 0.3) is 0 Å². The van der Waals surface area contributed by atoms with Crippen molar-refractivity contribution in [2.24, 2.45) is 17.6 Å². The molecule has 14 nitrogen and oxygen atoms in total. The topological polar surface area (TPSA) is 223 Å². The summed E-state index contributed by atoms with van der Waals surface area (Å²) in [5, 5.41) is 26.5. The summed E-state index contributed by atoms with van der Waals surface area (Å²) >= 11 is 30.9. The Labute approximate surface area is 405 Å². The Morgan fingerprint density at radius 3 is 1.38 bits per heavy atom. The van der Waals surface area contributed by atoms with Crippen LogP contribution in [0.2, 0.25) is 20.1 Å². The number of rotatable bonds is 12. The lowest BCUT2D eigenvalue weighted by Gasteiger charge is -2.36. The first-order valence-electron chi connectivity index (χ1n) is 19.2. The number of nitrogens with one attached hydrogen (secondary N) is 3. The molecule has 0 aromatic heterocycles. The molecule has 4 saturated carbocycles. The summed E-state index contributed by atoms with van der Waals surface area (Å²) < 4.78 is 63.3. The van der Waals surface area contributed by atoms with Crippen molar-refractivity contribution < 1.29 is 46.1 Å². The summed E-state index contributed by atoms with van der Waals surface area (Å²) in [6.45, 7) is 0. The number of nitrogens with two attached hydrogens (primary N) is 1. The highest BCUT2D eigenvalue weighted by atomic mass is 79.9. The number of benzene rings is 4. The molecule has 0 heterocycles. The van der Waals surface area contributed by atoms with Gasteiger partial charge in [0, 0.05) is 67.8 Å². The van der Waals surface area contributed by atoms with Crippen LogP contribution in [0, 0.1) is 11.8 Å².